The van der Waals surface area contributed by atoms with Crippen molar-refractivity contribution in [2.45, 2.75) is 147 Å². The predicted octanol–water partition coefficient (Wildman–Crippen LogP) is 6.89. The van der Waals surface area contributed by atoms with E-state index in [1.807, 2.05) is 12.1 Å². The van der Waals surface area contributed by atoms with Crippen LogP contribution in [0, 0.1) is 0 Å². The van der Waals surface area contributed by atoms with Crippen molar-refractivity contribution in [2.24, 2.45) is 0 Å². The fourth-order valence-electron chi connectivity index (χ4n) is 5.43. The molecule has 37 heavy (non-hydrogen) atoms. The molecule has 2 aromatic carbocycles. The molecule has 0 bridgehead atoms. The zero-order chi connectivity index (χ0) is 26.1. The minimum atomic E-state index is -4.51. The van der Waals surface area contributed by atoms with Gasteiger partial charge < -0.3 is 4.55 Å². The molecule has 0 aromatic heterocycles. The SMILES string of the molecule is CCCCCCCCCCCc1ccc2cccc(S(=O)(=O)[O-])c2c1CCCCCCCCCCC.[Na+]. The van der Waals surface area contributed by atoms with E-state index in [4.69, 9.17) is 0 Å². The van der Waals surface area contributed by atoms with Crippen LogP contribution in [0.2, 0.25) is 0 Å². The smallest absolute Gasteiger partial charge is 0.744 e. The molecule has 0 saturated heterocycles. The molecule has 3 nitrogen and oxygen atoms in total. The van der Waals surface area contributed by atoms with E-state index in [1.54, 1.807) is 6.07 Å². The average Bonchev–Trinajstić information content (AvgIpc) is 2.86. The molecule has 0 spiro atoms. The van der Waals surface area contributed by atoms with Crippen LogP contribution < -0.4 is 29.6 Å². The molecule has 204 valence electrons. The minimum Gasteiger partial charge on any atom is -0.744 e. The van der Waals surface area contributed by atoms with Crippen LogP contribution in [0.3, 0.4) is 0 Å². The molecule has 0 heterocycles. The topological polar surface area (TPSA) is 57.2 Å². The van der Waals surface area contributed by atoms with E-state index < -0.39 is 10.1 Å². The third-order valence-electron chi connectivity index (χ3n) is 7.56. The third kappa shape index (κ3) is 13.5. The van der Waals surface area contributed by atoms with Gasteiger partial charge in [-0.1, -0.05) is 141 Å². The standard InChI is InChI=1S/C32H52O3S.Na/c1-3-5-7-9-11-13-15-17-19-22-28-26-27-29-23-21-25-31(36(33,34)35)32(29)30(28)24-20-18-16-14-12-10-8-6-4-2;/h21,23,25-27H,3-20,22,24H2,1-2H3,(H,33,34,35);/q;+1/p-1. The second kappa shape index (κ2) is 20.5. The van der Waals surface area contributed by atoms with E-state index in [1.165, 1.54) is 108 Å². The van der Waals surface area contributed by atoms with Gasteiger partial charge in [-0.3, -0.25) is 0 Å². The molecule has 5 heteroatoms. The molecule has 0 aliphatic rings. The molecule has 0 unspecified atom stereocenters. The van der Waals surface area contributed by atoms with Crippen molar-refractivity contribution in [3.63, 3.8) is 0 Å². The van der Waals surface area contributed by atoms with Gasteiger partial charge in [-0.05, 0) is 48.3 Å². The summed E-state index contributed by atoms with van der Waals surface area (Å²) in [6.07, 6.45) is 24.8. The Labute approximate surface area is 250 Å². The van der Waals surface area contributed by atoms with Gasteiger partial charge >= 0.3 is 29.6 Å². The van der Waals surface area contributed by atoms with Crippen molar-refractivity contribution in [2.75, 3.05) is 0 Å². The first-order valence-corrected chi connectivity index (χ1v) is 16.4. The zero-order valence-electron chi connectivity index (χ0n) is 24.2. The first-order valence-electron chi connectivity index (χ1n) is 15.0. The number of aryl methyl sites for hydroxylation is 2. The largest absolute Gasteiger partial charge is 1.00 e. The summed E-state index contributed by atoms with van der Waals surface area (Å²) < 4.78 is 36.3. The summed E-state index contributed by atoms with van der Waals surface area (Å²) >= 11 is 0. The predicted molar refractivity (Wildman–Crippen MR) is 154 cm³/mol. The average molecular weight is 539 g/mol. The molecule has 0 N–H and O–H groups in total. The molecule has 0 aliphatic carbocycles. The van der Waals surface area contributed by atoms with Crippen LogP contribution in [-0.4, -0.2) is 13.0 Å². The molecular formula is C32H51NaO3S. The fraction of sp³-hybridized carbons (Fsp3) is 0.688. The summed E-state index contributed by atoms with van der Waals surface area (Å²) in [4.78, 5) is -0.0418. The summed E-state index contributed by atoms with van der Waals surface area (Å²) in [6.45, 7) is 4.51. The fourth-order valence-corrected chi connectivity index (χ4v) is 6.16. The van der Waals surface area contributed by atoms with Crippen LogP contribution in [0.5, 0.6) is 0 Å². The number of hydrogen-bond acceptors (Lipinski definition) is 3. The van der Waals surface area contributed by atoms with Crippen molar-refractivity contribution >= 4 is 20.9 Å². The number of unbranched alkanes of at least 4 members (excludes halogenated alkanes) is 16. The maximum atomic E-state index is 12.1. The van der Waals surface area contributed by atoms with Gasteiger partial charge in [-0.2, -0.15) is 0 Å². The van der Waals surface area contributed by atoms with Crippen molar-refractivity contribution in [3.8, 4) is 0 Å². The second-order valence-electron chi connectivity index (χ2n) is 10.7. The number of benzene rings is 2. The molecular weight excluding hydrogens is 487 g/mol. The zero-order valence-corrected chi connectivity index (χ0v) is 27.0. The Morgan fingerprint density at radius 1 is 0.595 bits per heavy atom. The van der Waals surface area contributed by atoms with Gasteiger partial charge in [0.1, 0.15) is 10.1 Å². The van der Waals surface area contributed by atoms with Crippen molar-refractivity contribution in [3.05, 3.63) is 41.5 Å². The number of rotatable bonds is 21. The van der Waals surface area contributed by atoms with E-state index in [2.05, 4.69) is 19.9 Å². The van der Waals surface area contributed by atoms with Gasteiger partial charge in [-0.25, -0.2) is 8.42 Å². The summed E-state index contributed by atoms with van der Waals surface area (Å²) in [5.41, 5.74) is 2.34. The van der Waals surface area contributed by atoms with E-state index >= 15 is 0 Å². The number of fused-ring (bicyclic) bond motifs is 1. The van der Waals surface area contributed by atoms with Crippen LogP contribution in [0.1, 0.15) is 141 Å². The van der Waals surface area contributed by atoms with Crippen LogP contribution in [0.4, 0.5) is 0 Å². The second-order valence-corrected chi connectivity index (χ2v) is 12.0. The molecule has 0 aliphatic heterocycles. The Morgan fingerprint density at radius 2 is 1.05 bits per heavy atom. The molecule has 2 rings (SSSR count). The van der Waals surface area contributed by atoms with Gasteiger partial charge in [0.05, 0.1) is 4.90 Å². The van der Waals surface area contributed by atoms with E-state index in [0.29, 0.717) is 5.39 Å². The van der Waals surface area contributed by atoms with Gasteiger partial charge in [0, 0.05) is 5.39 Å². The first-order chi connectivity index (χ1) is 17.5. The van der Waals surface area contributed by atoms with Crippen LogP contribution in [0.15, 0.2) is 35.2 Å². The van der Waals surface area contributed by atoms with E-state index in [-0.39, 0.29) is 34.5 Å². The Balaban J connectivity index is 0.00000684. The Bertz CT molecular complexity index is 971. The van der Waals surface area contributed by atoms with Gasteiger partial charge in [0.15, 0.2) is 0 Å². The molecule has 0 amide bonds. The summed E-state index contributed by atoms with van der Waals surface area (Å²) in [5.74, 6) is 0. The molecule has 0 saturated carbocycles. The van der Waals surface area contributed by atoms with E-state index in [9.17, 15) is 13.0 Å². The van der Waals surface area contributed by atoms with Gasteiger partial charge in [0.2, 0.25) is 0 Å². The maximum absolute atomic E-state index is 12.1. The summed E-state index contributed by atoms with van der Waals surface area (Å²) in [5, 5.41) is 1.55. The van der Waals surface area contributed by atoms with Crippen LogP contribution in [0.25, 0.3) is 10.8 Å². The van der Waals surface area contributed by atoms with Crippen molar-refractivity contribution in [1.82, 2.24) is 0 Å². The van der Waals surface area contributed by atoms with Crippen LogP contribution >= 0.6 is 0 Å². The van der Waals surface area contributed by atoms with E-state index in [0.717, 1.165) is 43.1 Å². The Morgan fingerprint density at radius 3 is 1.54 bits per heavy atom. The molecule has 2 aromatic rings. The molecule has 0 fully saturated rings. The Hall–Kier alpha value is -0.390. The first kappa shape index (κ1) is 34.6. The van der Waals surface area contributed by atoms with Crippen molar-refractivity contribution in [1.29, 1.82) is 0 Å². The van der Waals surface area contributed by atoms with Crippen molar-refractivity contribution < 1.29 is 42.5 Å². The molecule has 0 radical (unpaired) electrons. The monoisotopic (exact) mass is 538 g/mol. The Kier molecular flexibility index (Phi) is 19.2. The van der Waals surface area contributed by atoms with Crippen LogP contribution in [-0.2, 0) is 23.0 Å². The summed E-state index contributed by atoms with van der Waals surface area (Å²) in [7, 11) is -4.51. The summed E-state index contributed by atoms with van der Waals surface area (Å²) in [6, 6.07) is 9.30. The minimum absolute atomic E-state index is 0. The van der Waals surface area contributed by atoms with Gasteiger partial charge in [0.25, 0.3) is 0 Å². The quantitative estimate of drug-likeness (QED) is 0.0987. The molecule has 0 atom stereocenters. The maximum Gasteiger partial charge on any atom is 1.00 e. The third-order valence-corrected chi connectivity index (χ3v) is 8.44. The normalized spacial score (nSPS) is 11.6. The van der Waals surface area contributed by atoms with Gasteiger partial charge in [-0.15, -0.1) is 0 Å². The number of hydrogen-bond donors (Lipinski definition) is 0.